The van der Waals surface area contributed by atoms with Gasteiger partial charge >= 0.3 is 6.18 Å². The monoisotopic (exact) mass is 555 g/mol. The number of alkyl halides is 3. The van der Waals surface area contributed by atoms with E-state index in [4.69, 9.17) is 16.3 Å². The SMILES string of the molecule is COc1ccc([C@H](NC(=O)[C@@H](C)NC(=O)Cc2ccccc2Cl)C(=O)N[C@H](C(=O)C(F)(F)F)C(C)C)cc1. The Balaban J connectivity index is 2.23. The third-order valence-electron chi connectivity index (χ3n) is 5.60. The van der Waals surface area contributed by atoms with E-state index in [1.165, 1.54) is 52.1 Å². The first kappa shape index (κ1) is 30.6. The van der Waals surface area contributed by atoms with Crippen molar-refractivity contribution in [1.82, 2.24) is 16.0 Å². The van der Waals surface area contributed by atoms with Crippen LogP contribution in [0.3, 0.4) is 0 Å². The van der Waals surface area contributed by atoms with E-state index in [9.17, 15) is 32.3 Å². The second-order valence-electron chi connectivity index (χ2n) is 8.86. The minimum absolute atomic E-state index is 0.102. The van der Waals surface area contributed by atoms with Crippen LogP contribution < -0.4 is 20.7 Å². The molecule has 0 radical (unpaired) electrons. The molecule has 0 unspecified atom stereocenters. The predicted octanol–water partition coefficient (Wildman–Crippen LogP) is 3.53. The molecule has 12 heteroatoms. The number of methoxy groups -OCH3 is 1. The highest BCUT2D eigenvalue weighted by atomic mass is 35.5. The lowest BCUT2D eigenvalue weighted by atomic mass is 9.97. The van der Waals surface area contributed by atoms with Crippen LogP contribution in [0.15, 0.2) is 48.5 Å². The number of benzene rings is 2. The lowest BCUT2D eigenvalue weighted by Gasteiger charge is -2.26. The average Bonchev–Trinajstić information content (AvgIpc) is 2.85. The molecular weight excluding hydrogens is 527 g/mol. The highest BCUT2D eigenvalue weighted by Gasteiger charge is 2.45. The van der Waals surface area contributed by atoms with Crippen molar-refractivity contribution in [3.8, 4) is 5.75 Å². The highest BCUT2D eigenvalue weighted by Crippen LogP contribution is 2.23. The maximum Gasteiger partial charge on any atom is 0.452 e. The summed E-state index contributed by atoms with van der Waals surface area (Å²) in [5.41, 5.74) is 0.761. The molecule has 2 aromatic carbocycles. The normalized spacial score (nSPS) is 13.7. The van der Waals surface area contributed by atoms with Crippen LogP contribution >= 0.6 is 11.6 Å². The molecule has 0 aliphatic carbocycles. The van der Waals surface area contributed by atoms with E-state index in [1.807, 2.05) is 0 Å². The van der Waals surface area contributed by atoms with Crippen molar-refractivity contribution in [2.75, 3.05) is 7.11 Å². The third-order valence-corrected chi connectivity index (χ3v) is 5.97. The third kappa shape index (κ3) is 8.47. The van der Waals surface area contributed by atoms with Gasteiger partial charge in [-0.15, -0.1) is 0 Å². The van der Waals surface area contributed by atoms with Gasteiger partial charge in [0, 0.05) is 5.02 Å². The van der Waals surface area contributed by atoms with Gasteiger partial charge in [-0.1, -0.05) is 55.8 Å². The molecule has 0 saturated heterocycles. The van der Waals surface area contributed by atoms with Crippen LogP contribution in [0.25, 0.3) is 0 Å². The quantitative estimate of drug-likeness (QED) is 0.393. The number of nitrogens with one attached hydrogen (secondary N) is 3. The van der Waals surface area contributed by atoms with E-state index in [-0.39, 0.29) is 12.0 Å². The number of ketones is 1. The highest BCUT2D eigenvalue weighted by molar-refractivity contribution is 6.31. The van der Waals surface area contributed by atoms with E-state index in [1.54, 1.807) is 24.3 Å². The molecule has 3 amide bonds. The molecule has 38 heavy (non-hydrogen) atoms. The van der Waals surface area contributed by atoms with Crippen LogP contribution in [0.2, 0.25) is 5.02 Å². The summed E-state index contributed by atoms with van der Waals surface area (Å²) < 4.78 is 44.4. The van der Waals surface area contributed by atoms with Crippen LogP contribution in [0.1, 0.15) is 37.9 Å². The number of amides is 3. The molecule has 2 aromatic rings. The van der Waals surface area contributed by atoms with E-state index in [0.717, 1.165) is 0 Å². The Morgan fingerprint density at radius 2 is 1.50 bits per heavy atom. The molecular formula is C26H29ClF3N3O5. The first-order valence-corrected chi connectivity index (χ1v) is 12.0. The van der Waals surface area contributed by atoms with Crippen molar-refractivity contribution < 1.29 is 37.1 Å². The summed E-state index contributed by atoms with van der Waals surface area (Å²) in [7, 11) is 1.42. The topological polar surface area (TPSA) is 114 Å². The fourth-order valence-electron chi connectivity index (χ4n) is 3.48. The summed E-state index contributed by atoms with van der Waals surface area (Å²) in [5.74, 6) is -4.89. The molecule has 0 spiro atoms. The van der Waals surface area contributed by atoms with Crippen LogP contribution in [0.5, 0.6) is 5.75 Å². The van der Waals surface area contributed by atoms with Gasteiger partial charge in [0.15, 0.2) is 0 Å². The average molecular weight is 556 g/mol. The molecule has 0 aliphatic rings. The summed E-state index contributed by atoms with van der Waals surface area (Å²) >= 11 is 6.07. The van der Waals surface area contributed by atoms with Gasteiger partial charge in [-0.25, -0.2) is 0 Å². The lowest BCUT2D eigenvalue weighted by Crippen LogP contribution is -2.54. The van der Waals surface area contributed by atoms with E-state index < -0.39 is 53.7 Å². The van der Waals surface area contributed by atoms with E-state index in [0.29, 0.717) is 16.3 Å². The zero-order chi connectivity index (χ0) is 28.6. The van der Waals surface area contributed by atoms with Crippen molar-refractivity contribution in [2.45, 2.75) is 51.5 Å². The van der Waals surface area contributed by atoms with Gasteiger partial charge in [0.1, 0.15) is 17.8 Å². The second kappa shape index (κ2) is 13.3. The van der Waals surface area contributed by atoms with Crippen molar-refractivity contribution in [2.24, 2.45) is 5.92 Å². The molecule has 206 valence electrons. The van der Waals surface area contributed by atoms with Gasteiger partial charge < -0.3 is 20.7 Å². The van der Waals surface area contributed by atoms with Gasteiger partial charge in [-0.3, -0.25) is 19.2 Å². The summed E-state index contributed by atoms with van der Waals surface area (Å²) in [4.78, 5) is 50.4. The maximum absolute atomic E-state index is 13.1. The van der Waals surface area contributed by atoms with Crippen molar-refractivity contribution in [1.29, 1.82) is 0 Å². The van der Waals surface area contributed by atoms with Gasteiger partial charge in [0.25, 0.3) is 5.78 Å². The Morgan fingerprint density at radius 3 is 2.03 bits per heavy atom. The smallest absolute Gasteiger partial charge is 0.452 e. The first-order chi connectivity index (χ1) is 17.7. The Labute approximate surface area is 223 Å². The molecule has 3 atom stereocenters. The van der Waals surface area contributed by atoms with Crippen LogP contribution in [-0.4, -0.2) is 48.9 Å². The fourth-order valence-corrected chi connectivity index (χ4v) is 3.69. The van der Waals surface area contributed by atoms with Gasteiger partial charge in [-0.05, 0) is 42.2 Å². The Morgan fingerprint density at radius 1 is 0.895 bits per heavy atom. The van der Waals surface area contributed by atoms with Gasteiger partial charge in [0.05, 0.1) is 19.6 Å². The number of carbonyl (C=O) groups is 4. The van der Waals surface area contributed by atoms with Gasteiger partial charge in [-0.2, -0.15) is 13.2 Å². The van der Waals surface area contributed by atoms with E-state index >= 15 is 0 Å². The fraction of sp³-hybridized carbons (Fsp3) is 0.385. The van der Waals surface area contributed by atoms with Crippen LogP contribution in [0.4, 0.5) is 13.2 Å². The number of rotatable bonds is 11. The Hall–Kier alpha value is -3.60. The zero-order valence-corrected chi connectivity index (χ0v) is 21.9. The first-order valence-electron chi connectivity index (χ1n) is 11.6. The standard InChI is InChI=1S/C26H29ClF3N3O5/c1-14(2)21(23(35)26(28,29)30)32-25(37)22(16-9-11-18(38-4)12-10-16)33-24(36)15(3)31-20(34)13-17-7-5-6-8-19(17)27/h5-12,14-15,21-22H,13H2,1-4H3,(H,31,34)(H,32,37)(H,33,36)/t15-,21+,22+/m1/s1. The number of hydrogen-bond acceptors (Lipinski definition) is 5. The summed E-state index contributed by atoms with van der Waals surface area (Å²) in [6.07, 6.45) is -5.27. The Kier molecular flexibility index (Phi) is 10.7. The molecule has 0 aromatic heterocycles. The number of halogens is 4. The summed E-state index contributed by atoms with van der Waals surface area (Å²) in [5, 5.41) is 7.45. The lowest BCUT2D eigenvalue weighted by molar-refractivity contribution is -0.175. The van der Waals surface area contributed by atoms with Crippen molar-refractivity contribution >= 4 is 35.1 Å². The maximum atomic E-state index is 13.1. The predicted molar refractivity (Wildman–Crippen MR) is 134 cm³/mol. The largest absolute Gasteiger partial charge is 0.497 e. The molecule has 0 aliphatic heterocycles. The minimum Gasteiger partial charge on any atom is -0.497 e. The summed E-state index contributed by atoms with van der Waals surface area (Å²) in [6.45, 7) is 4.09. The number of ether oxygens (including phenoxy) is 1. The number of Topliss-reactive ketones (excluding diaryl/α,β-unsaturated/α-hetero) is 1. The molecule has 8 nitrogen and oxygen atoms in total. The molecule has 0 heterocycles. The second-order valence-corrected chi connectivity index (χ2v) is 9.27. The minimum atomic E-state index is -5.17. The zero-order valence-electron chi connectivity index (χ0n) is 21.2. The van der Waals surface area contributed by atoms with Crippen LogP contribution in [0, 0.1) is 5.92 Å². The van der Waals surface area contributed by atoms with Crippen molar-refractivity contribution in [3.05, 3.63) is 64.7 Å². The molecule has 0 saturated carbocycles. The summed E-state index contributed by atoms with van der Waals surface area (Å²) in [6, 6.07) is 8.11. The van der Waals surface area contributed by atoms with Gasteiger partial charge in [0.2, 0.25) is 17.7 Å². The van der Waals surface area contributed by atoms with Crippen molar-refractivity contribution in [3.63, 3.8) is 0 Å². The molecule has 2 rings (SSSR count). The number of carbonyl (C=O) groups excluding carboxylic acids is 4. The molecule has 3 N–H and O–H groups in total. The van der Waals surface area contributed by atoms with Crippen LogP contribution in [-0.2, 0) is 25.6 Å². The van der Waals surface area contributed by atoms with E-state index in [2.05, 4.69) is 16.0 Å². The molecule has 0 fully saturated rings. The Bertz CT molecular complexity index is 1160. The molecule has 0 bridgehead atoms. The number of hydrogen-bond donors (Lipinski definition) is 3.